The summed E-state index contributed by atoms with van der Waals surface area (Å²) in [7, 11) is -4.64. The predicted molar refractivity (Wildman–Crippen MR) is 93.5 cm³/mol. The van der Waals surface area contributed by atoms with E-state index in [9.17, 15) is 27.4 Å². The minimum atomic E-state index is -4.64. The summed E-state index contributed by atoms with van der Waals surface area (Å²) in [5, 5.41) is 20.5. The number of aryl methyl sites for hydroxylation is 1. The monoisotopic (exact) mass is 405 g/mol. The first kappa shape index (κ1) is 20.7. The third kappa shape index (κ3) is 4.21. The van der Waals surface area contributed by atoms with Crippen molar-refractivity contribution in [2.45, 2.75) is 24.0 Å². The Labute approximate surface area is 155 Å². The molecule has 26 heavy (non-hydrogen) atoms. The van der Waals surface area contributed by atoms with Crippen molar-refractivity contribution in [2.24, 2.45) is 0 Å². The van der Waals surface area contributed by atoms with E-state index in [2.05, 4.69) is 0 Å². The summed E-state index contributed by atoms with van der Waals surface area (Å²) in [5.74, 6) is 0. The molecule has 2 N–H and O–H groups in total. The highest BCUT2D eigenvalue weighted by molar-refractivity contribution is 7.89. The molecule has 5 nitrogen and oxygen atoms in total. The van der Waals surface area contributed by atoms with Crippen molar-refractivity contribution in [2.75, 3.05) is 13.2 Å². The molecule has 0 heterocycles. The van der Waals surface area contributed by atoms with Crippen molar-refractivity contribution in [1.82, 2.24) is 4.31 Å². The predicted octanol–water partition coefficient (Wildman–Crippen LogP) is 2.74. The number of sulfonamides is 1. The molecule has 9 heteroatoms. The molecule has 142 valence electrons. The van der Waals surface area contributed by atoms with E-state index in [0.29, 0.717) is 10.6 Å². The number of halogens is 3. The van der Waals surface area contributed by atoms with Gasteiger partial charge in [-0.1, -0.05) is 41.9 Å². The molecule has 0 bridgehead atoms. The highest BCUT2D eigenvalue weighted by atomic mass is 35.5. The molecule has 0 aliphatic rings. The van der Waals surface area contributed by atoms with Crippen LogP contribution in [-0.4, -0.2) is 42.6 Å². The van der Waals surface area contributed by atoms with Crippen LogP contribution in [0.3, 0.4) is 0 Å². The van der Waals surface area contributed by atoms with E-state index >= 15 is 0 Å². The molecule has 2 aromatic carbocycles. The van der Waals surface area contributed by atoms with E-state index in [1.807, 2.05) is 0 Å². The molecule has 0 saturated carbocycles. The van der Waals surface area contributed by atoms with Crippen LogP contribution in [0, 0.1) is 6.92 Å². The summed E-state index contributed by atoms with van der Waals surface area (Å²) >= 11 is 5.85. The third-order valence-electron chi connectivity index (χ3n) is 3.94. The Kier molecular flexibility index (Phi) is 6.36. The molecular formula is C17H18ClF2NO4S. The Hall–Kier alpha value is -1.58. The van der Waals surface area contributed by atoms with Crippen molar-refractivity contribution in [3.63, 3.8) is 0 Å². The molecule has 0 aliphatic heterocycles. The average molecular weight is 406 g/mol. The second-order valence-electron chi connectivity index (χ2n) is 5.79. The van der Waals surface area contributed by atoms with Gasteiger partial charge in [0.25, 0.3) is 0 Å². The van der Waals surface area contributed by atoms with Gasteiger partial charge in [0.1, 0.15) is 5.60 Å². The van der Waals surface area contributed by atoms with Crippen LogP contribution in [0.25, 0.3) is 0 Å². The van der Waals surface area contributed by atoms with Gasteiger partial charge in [0.15, 0.2) is 0 Å². The second-order valence-corrected chi connectivity index (χ2v) is 8.09. The van der Waals surface area contributed by atoms with Gasteiger partial charge < -0.3 is 10.2 Å². The number of rotatable bonds is 7. The second kappa shape index (κ2) is 7.98. The molecule has 0 aromatic heterocycles. The van der Waals surface area contributed by atoms with Crippen molar-refractivity contribution in [1.29, 1.82) is 0 Å². The fourth-order valence-corrected chi connectivity index (χ4v) is 3.96. The molecule has 0 spiro atoms. The lowest BCUT2D eigenvalue weighted by Gasteiger charge is -2.32. The molecule has 0 amide bonds. The highest BCUT2D eigenvalue weighted by Gasteiger charge is 2.40. The summed E-state index contributed by atoms with van der Waals surface area (Å²) in [4.78, 5) is -0.381. The molecular weight excluding hydrogens is 388 g/mol. The van der Waals surface area contributed by atoms with Gasteiger partial charge in [-0.15, -0.1) is 4.31 Å². The van der Waals surface area contributed by atoms with Crippen molar-refractivity contribution in [3.8, 4) is 0 Å². The van der Waals surface area contributed by atoms with Gasteiger partial charge in [-0.25, -0.2) is 8.42 Å². The zero-order valence-corrected chi connectivity index (χ0v) is 15.4. The minimum Gasteiger partial charge on any atom is -0.393 e. The lowest BCUT2D eigenvalue weighted by molar-refractivity contribution is -0.0678. The maximum atomic E-state index is 13.6. The third-order valence-corrected chi connectivity index (χ3v) is 6.12. The van der Waals surface area contributed by atoms with E-state index in [1.54, 1.807) is 25.1 Å². The van der Waals surface area contributed by atoms with Crippen molar-refractivity contribution in [3.05, 3.63) is 64.7 Å². The van der Waals surface area contributed by atoms with Gasteiger partial charge in [0.05, 0.1) is 18.0 Å². The molecule has 1 unspecified atom stereocenters. The summed E-state index contributed by atoms with van der Waals surface area (Å²) in [6.07, 6.45) is 0. The number of nitrogens with zero attached hydrogens (tertiary/aromatic N) is 1. The quantitative estimate of drug-likeness (QED) is 0.694. The van der Waals surface area contributed by atoms with Crippen LogP contribution in [0.5, 0.6) is 0 Å². The van der Waals surface area contributed by atoms with Gasteiger partial charge in [-0.05, 0) is 36.2 Å². The normalized spacial score (nSPS) is 14.6. The topological polar surface area (TPSA) is 77.8 Å². The standard InChI is InChI=1S/C17H18ClF2NO4S/c1-12-9-14(7-8-15(12)18)26(24,25)21(16(19)20)10-17(23,11-22)13-5-3-2-4-6-13/h2-9,16,22-23H,10-11H2,1H3. The SMILES string of the molecule is Cc1cc(S(=O)(=O)N(CC(O)(CO)c2ccccc2)C(F)F)ccc1Cl. The zero-order chi connectivity index (χ0) is 19.5. The van der Waals surface area contributed by atoms with E-state index in [0.717, 1.165) is 6.07 Å². The molecule has 2 rings (SSSR count). The van der Waals surface area contributed by atoms with Crippen LogP contribution < -0.4 is 0 Å². The van der Waals surface area contributed by atoms with Gasteiger partial charge in [0, 0.05) is 5.02 Å². The first-order valence-electron chi connectivity index (χ1n) is 7.57. The maximum Gasteiger partial charge on any atom is 0.307 e. The van der Waals surface area contributed by atoms with Crippen molar-refractivity contribution >= 4 is 21.6 Å². The molecule has 1 atom stereocenters. The summed E-state index contributed by atoms with van der Waals surface area (Å²) in [6, 6.07) is 11.1. The Morgan fingerprint density at radius 1 is 1.19 bits per heavy atom. The number of aliphatic hydroxyl groups is 2. The Morgan fingerprint density at radius 3 is 2.31 bits per heavy atom. The van der Waals surface area contributed by atoms with E-state index in [1.165, 1.54) is 24.3 Å². The Morgan fingerprint density at radius 2 is 1.81 bits per heavy atom. The number of benzene rings is 2. The van der Waals surface area contributed by atoms with Crippen LogP contribution in [0.15, 0.2) is 53.4 Å². The Bertz CT molecular complexity index is 864. The van der Waals surface area contributed by atoms with Gasteiger partial charge in [-0.3, -0.25) is 0 Å². The molecule has 0 saturated heterocycles. The summed E-state index contributed by atoms with van der Waals surface area (Å²) in [5.41, 5.74) is -1.66. The molecule has 0 radical (unpaired) electrons. The lowest BCUT2D eigenvalue weighted by Crippen LogP contribution is -2.48. The van der Waals surface area contributed by atoms with Crippen LogP contribution in [-0.2, 0) is 15.6 Å². The first-order valence-corrected chi connectivity index (χ1v) is 9.38. The van der Waals surface area contributed by atoms with Crippen LogP contribution in [0.2, 0.25) is 5.02 Å². The smallest absolute Gasteiger partial charge is 0.307 e. The maximum absolute atomic E-state index is 13.6. The summed E-state index contributed by atoms with van der Waals surface area (Å²) < 4.78 is 52.3. The highest BCUT2D eigenvalue weighted by Crippen LogP contribution is 2.29. The zero-order valence-electron chi connectivity index (χ0n) is 13.8. The van der Waals surface area contributed by atoms with Crippen molar-refractivity contribution < 1.29 is 27.4 Å². The lowest BCUT2D eigenvalue weighted by atomic mass is 9.95. The number of hydrogen-bond donors (Lipinski definition) is 2. The Balaban J connectivity index is 2.46. The van der Waals surface area contributed by atoms with Gasteiger partial charge in [0.2, 0.25) is 10.0 Å². The van der Waals surface area contributed by atoms with Gasteiger partial charge >= 0.3 is 6.55 Å². The average Bonchev–Trinajstić information content (AvgIpc) is 2.62. The van der Waals surface area contributed by atoms with E-state index < -0.39 is 35.3 Å². The summed E-state index contributed by atoms with van der Waals surface area (Å²) in [6.45, 7) is -3.83. The van der Waals surface area contributed by atoms with Crippen LogP contribution in [0.1, 0.15) is 11.1 Å². The largest absolute Gasteiger partial charge is 0.393 e. The molecule has 0 aliphatic carbocycles. The fraction of sp³-hybridized carbons (Fsp3) is 0.294. The minimum absolute atomic E-state index is 0.121. The van der Waals surface area contributed by atoms with Crippen LogP contribution >= 0.6 is 11.6 Å². The van der Waals surface area contributed by atoms with Crippen LogP contribution in [0.4, 0.5) is 8.78 Å². The number of aliphatic hydroxyl groups excluding tert-OH is 1. The number of hydrogen-bond acceptors (Lipinski definition) is 4. The number of alkyl halides is 2. The molecule has 2 aromatic rings. The van der Waals surface area contributed by atoms with Gasteiger partial charge in [-0.2, -0.15) is 8.78 Å². The fourth-order valence-electron chi connectivity index (χ4n) is 2.41. The molecule has 0 fully saturated rings. The first-order chi connectivity index (χ1) is 12.1. The van der Waals surface area contributed by atoms with E-state index in [4.69, 9.17) is 11.6 Å². The van der Waals surface area contributed by atoms with E-state index in [-0.39, 0.29) is 14.8 Å².